The second-order valence-electron chi connectivity index (χ2n) is 8.60. The lowest BCUT2D eigenvalue weighted by molar-refractivity contribution is 0.0358. The Morgan fingerprint density at radius 2 is 1.72 bits per heavy atom. The van der Waals surface area contributed by atoms with Crippen LogP contribution in [0.1, 0.15) is 63.7 Å². The highest BCUT2D eigenvalue weighted by molar-refractivity contribution is 6.61. The highest BCUT2D eigenvalue weighted by atomic mass is 16.5. The van der Waals surface area contributed by atoms with E-state index in [0.717, 1.165) is 22.3 Å². The van der Waals surface area contributed by atoms with E-state index in [2.05, 4.69) is 5.43 Å². The first-order chi connectivity index (χ1) is 13.5. The molecule has 0 saturated heterocycles. The van der Waals surface area contributed by atoms with Crippen molar-refractivity contribution in [1.82, 2.24) is 10.4 Å². The van der Waals surface area contributed by atoms with Crippen molar-refractivity contribution in [2.45, 2.75) is 53.7 Å². The summed E-state index contributed by atoms with van der Waals surface area (Å²) in [5.41, 5.74) is 7.35. The fourth-order valence-electron chi connectivity index (χ4n) is 3.61. The lowest BCUT2D eigenvalue weighted by Crippen LogP contribution is -2.56. The van der Waals surface area contributed by atoms with E-state index < -0.39 is 12.7 Å². The number of rotatable bonds is 2. The molecule has 3 rings (SSSR count). The number of fused-ring (bicyclic) bond motifs is 1. The summed E-state index contributed by atoms with van der Waals surface area (Å²) in [5.74, 6) is -0.644. The summed E-state index contributed by atoms with van der Waals surface area (Å²) < 4.78 is 5.25. The number of nitrogens with one attached hydrogen (secondary N) is 1. The normalized spacial score (nSPS) is 13.3. The molecule has 0 fully saturated rings. The van der Waals surface area contributed by atoms with E-state index >= 15 is 0 Å². The van der Waals surface area contributed by atoms with Gasteiger partial charge in [-0.05, 0) is 76.3 Å². The van der Waals surface area contributed by atoms with Crippen molar-refractivity contribution in [3.63, 3.8) is 0 Å². The fourth-order valence-corrected chi connectivity index (χ4v) is 3.61. The van der Waals surface area contributed by atoms with Crippen LogP contribution in [0.4, 0.5) is 0 Å². The Labute approximate surface area is 172 Å². The average molecular weight is 394 g/mol. The number of amides is 2. The largest absolute Gasteiger partial charge is 0.491 e. The maximum Gasteiger partial charge on any atom is 0.491 e. The highest BCUT2D eigenvalue weighted by Gasteiger charge is 2.33. The molecule has 2 amide bonds. The minimum absolute atomic E-state index is 0.258. The van der Waals surface area contributed by atoms with Gasteiger partial charge >= 0.3 is 7.12 Å². The molecule has 29 heavy (non-hydrogen) atoms. The molecule has 6 nitrogen and oxygen atoms in total. The Kier molecular flexibility index (Phi) is 5.56. The number of carbonyl (C=O) groups excluding carboxylic acids is 2. The van der Waals surface area contributed by atoms with Crippen LogP contribution in [0.3, 0.4) is 0 Å². The SMILES string of the molecule is Cc1cc(C)cc(C(=O)N(NC(=O)c2ccc3c(c2C)COB3O)C(C)(C)C)c1. The predicted octanol–water partition coefficient (Wildman–Crippen LogP) is 2.42. The third-order valence-electron chi connectivity index (χ3n) is 5.09. The average Bonchev–Trinajstić information content (AvgIpc) is 2.99. The zero-order chi connectivity index (χ0) is 21.5. The van der Waals surface area contributed by atoms with E-state index in [0.29, 0.717) is 16.6 Å². The molecular weight excluding hydrogens is 367 g/mol. The van der Waals surface area contributed by atoms with Crippen LogP contribution < -0.4 is 10.9 Å². The van der Waals surface area contributed by atoms with Gasteiger partial charge in [-0.1, -0.05) is 23.3 Å². The van der Waals surface area contributed by atoms with Crippen molar-refractivity contribution in [2.75, 3.05) is 0 Å². The topological polar surface area (TPSA) is 78.9 Å². The lowest BCUT2D eigenvalue weighted by atomic mass is 9.77. The Morgan fingerprint density at radius 3 is 2.31 bits per heavy atom. The van der Waals surface area contributed by atoms with E-state index in [4.69, 9.17) is 4.65 Å². The van der Waals surface area contributed by atoms with E-state index in [9.17, 15) is 14.6 Å². The third-order valence-corrected chi connectivity index (χ3v) is 5.09. The van der Waals surface area contributed by atoms with Gasteiger partial charge in [-0.25, -0.2) is 5.01 Å². The van der Waals surface area contributed by atoms with Crippen LogP contribution in [0.15, 0.2) is 30.3 Å². The molecule has 152 valence electrons. The molecule has 2 aromatic carbocycles. The zero-order valence-electron chi connectivity index (χ0n) is 17.8. The van der Waals surface area contributed by atoms with E-state index in [1.807, 2.05) is 59.7 Å². The minimum atomic E-state index is -0.960. The van der Waals surface area contributed by atoms with E-state index in [-0.39, 0.29) is 18.4 Å². The molecule has 0 radical (unpaired) electrons. The van der Waals surface area contributed by atoms with Crippen LogP contribution >= 0.6 is 0 Å². The van der Waals surface area contributed by atoms with Gasteiger partial charge in [0.05, 0.1) is 12.1 Å². The smallest absolute Gasteiger partial charge is 0.423 e. The number of hydrogen-bond acceptors (Lipinski definition) is 4. The summed E-state index contributed by atoms with van der Waals surface area (Å²) in [4.78, 5) is 26.3. The van der Waals surface area contributed by atoms with Gasteiger partial charge in [-0.15, -0.1) is 0 Å². The summed E-state index contributed by atoms with van der Waals surface area (Å²) in [5, 5.41) is 11.2. The van der Waals surface area contributed by atoms with E-state index in [1.165, 1.54) is 5.01 Å². The van der Waals surface area contributed by atoms with Crippen molar-refractivity contribution < 1.29 is 19.3 Å². The summed E-state index contributed by atoms with van der Waals surface area (Å²) >= 11 is 0. The van der Waals surface area contributed by atoms with Crippen LogP contribution in [-0.2, 0) is 11.3 Å². The molecular formula is C22H27BN2O4. The monoisotopic (exact) mass is 394 g/mol. The van der Waals surface area contributed by atoms with Gasteiger partial charge < -0.3 is 9.68 Å². The first-order valence-corrected chi connectivity index (χ1v) is 9.65. The number of carbonyl (C=O) groups is 2. The van der Waals surface area contributed by atoms with Gasteiger partial charge in [0, 0.05) is 11.1 Å². The van der Waals surface area contributed by atoms with Crippen molar-refractivity contribution in [2.24, 2.45) is 0 Å². The molecule has 1 aliphatic rings. The maximum absolute atomic E-state index is 13.2. The molecule has 0 unspecified atom stereocenters. The Hall–Kier alpha value is -2.64. The molecule has 0 atom stereocenters. The predicted molar refractivity (Wildman–Crippen MR) is 113 cm³/mol. The number of nitrogens with zero attached hydrogens (tertiary/aromatic N) is 1. The quantitative estimate of drug-likeness (QED) is 0.606. The standard InChI is InChI=1S/C22H27BN2O4/c1-13-9-14(2)11-16(10-13)21(27)25(22(4,5)6)24-20(26)17-7-8-19-18(15(17)3)12-29-23(19)28/h7-11,28H,12H2,1-6H3,(H,24,26). The zero-order valence-corrected chi connectivity index (χ0v) is 17.8. The first kappa shape index (κ1) is 21.1. The summed E-state index contributed by atoms with van der Waals surface area (Å²) in [7, 11) is -0.960. The summed E-state index contributed by atoms with van der Waals surface area (Å²) in [6, 6.07) is 8.99. The number of hydrazine groups is 1. The first-order valence-electron chi connectivity index (χ1n) is 9.65. The minimum Gasteiger partial charge on any atom is -0.423 e. The maximum atomic E-state index is 13.2. The van der Waals surface area contributed by atoms with Gasteiger partial charge in [-0.3, -0.25) is 15.0 Å². The molecule has 0 aliphatic carbocycles. The molecule has 2 aromatic rings. The number of aryl methyl sites for hydroxylation is 2. The molecule has 0 aromatic heterocycles. The molecule has 1 heterocycles. The number of hydrogen-bond donors (Lipinski definition) is 2. The van der Waals surface area contributed by atoms with Gasteiger partial charge in [-0.2, -0.15) is 0 Å². The van der Waals surface area contributed by atoms with Gasteiger partial charge in [0.2, 0.25) is 0 Å². The van der Waals surface area contributed by atoms with Crippen LogP contribution in [-0.4, -0.2) is 34.5 Å². The second kappa shape index (κ2) is 7.65. The molecule has 2 N–H and O–H groups in total. The van der Waals surface area contributed by atoms with Gasteiger partial charge in [0.25, 0.3) is 11.8 Å². The van der Waals surface area contributed by atoms with Gasteiger partial charge in [0.1, 0.15) is 0 Å². The van der Waals surface area contributed by atoms with Crippen LogP contribution in [0.5, 0.6) is 0 Å². The molecule has 7 heteroatoms. The van der Waals surface area contributed by atoms with Crippen LogP contribution in [0.25, 0.3) is 0 Å². The van der Waals surface area contributed by atoms with Crippen LogP contribution in [0.2, 0.25) is 0 Å². The van der Waals surface area contributed by atoms with Crippen molar-refractivity contribution >= 4 is 24.4 Å². The van der Waals surface area contributed by atoms with Crippen molar-refractivity contribution in [1.29, 1.82) is 0 Å². The van der Waals surface area contributed by atoms with Gasteiger partial charge in [0.15, 0.2) is 0 Å². The molecule has 1 aliphatic heterocycles. The van der Waals surface area contributed by atoms with Crippen LogP contribution in [0, 0.1) is 20.8 Å². The third kappa shape index (κ3) is 4.21. The lowest BCUT2D eigenvalue weighted by Gasteiger charge is -2.35. The van der Waals surface area contributed by atoms with Crippen molar-refractivity contribution in [3.8, 4) is 0 Å². The molecule has 0 spiro atoms. The fraction of sp³-hybridized carbons (Fsp3) is 0.364. The second-order valence-corrected chi connectivity index (χ2v) is 8.60. The van der Waals surface area contributed by atoms with Crippen molar-refractivity contribution in [3.05, 3.63) is 63.7 Å². The van der Waals surface area contributed by atoms with E-state index in [1.54, 1.807) is 12.1 Å². The summed E-state index contributed by atoms with van der Waals surface area (Å²) in [6.45, 7) is 11.6. The Balaban J connectivity index is 1.92. The highest BCUT2D eigenvalue weighted by Crippen LogP contribution is 2.21. The Morgan fingerprint density at radius 1 is 1.10 bits per heavy atom. The molecule has 0 saturated carbocycles. The molecule has 0 bridgehead atoms. The number of benzene rings is 2. The Bertz CT molecular complexity index is 961. The summed E-state index contributed by atoms with van der Waals surface area (Å²) in [6.07, 6.45) is 0.